The predicted octanol–water partition coefficient (Wildman–Crippen LogP) is 4.17. The van der Waals surface area contributed by atoms with E-state index in [2.05, 4.69) is 45.6 Å². The molecule has 0 bridgehead atoms. The highest BCUT2D eigenvalue weighted by molar-refractivity contribution is 7.89. The average Bonchev–Trinajstić information content (AvgIpc) is 3.14. The first kappa shape index (κ1) is 18.5. The monoisotopic (exact) mass is 373 g/mol. The van der Waals surface area contributed by atoms with Gasteiger partial charge in [-0.25, -0.2) is 17.8 Å². The first-order valence-electron chi connectivity index (χ1n) is 8.79. The summed E-state index contributed by atoms with van der Waals surface area (Å²) in [4.78, 5) is 0.0749. The number of nitrogens with zero attached hydrogens (tertiary/aromatic N) is 2. The van der Waals surface area contributed by atoms with E-state index in [4.69, 9.17) is 0 Å². The lowest BCUT2D eigenvalue weighted by Crippen LogP contribution is -2.28. The van der Waals surface area contributed by atoms with Crippen LogP contribution >= 0.6 is 0 Å². The van der Waals surface area contributed by atoms with E-state index in [1.165, 1.54) is 11.6 Å². The van der Waals surface area contributed by atoms with Crippen molar-refractivity contribution in [3.8, 4) is 0 Å². The highest BCUT2D eigenvalue weighted by Crippen LogP contribution is 2.26. The van der Waals surface area contributed by atoms with Crippen LogP contribution in [0.4, 0.5) is 0 Å². The number of nitrogens with one attached hydrogen (secondary N) is 1. The van der Waals surface area contributed by atoms with Crippen LogP contribution in [-0.2, 0) is 10.0 Å². The summed E-state index contributed by atoms with van der Waals surface area (Å²) in [6.07, 6.45) is 1.70. The summed E-state index contributed by atoms with van der Waals surface area (Å²) in [6.45, 7) is 6.29. The number of hydrogen-bond acceptors (Lipinski definition) is 5. The van der Waals surface area contributed by atoms with E-state index < -0.39 is 10.0 Å². The van der Waals surface area contributed by atoms with Crippen molar-refractivity contribution in [3.63, 3.8) is 0 Å². The summed E-state index contributed by atoms with van der Waals surface area (Å²) in [5.74, 6) is 0.484. The zero-order valence-electron chi connectivity index (χ0n) is 15.1. The van der Waals surface area contributed by atoms with Crippen LogP contribution in [0.1, 0.15) is 56.7 Å². The number of aromatic nitrogens is 2. The lowest BCUT2D eigenvalue weighted by atomic mass is 9.96. The normalized spacial score (nSPS) is 14.4. The molecule has 1 aromatic heterocycles. The number of hydrogen-bond donors (Lipinski definition) is 1. The Morgan fingerprint density at radius 2 is 1.69 bits per heavy atom. The second-order valence-corrected chi connectivity index (χ2v) is 8.13. The zero-order valence-corrected chi connectivity index (χ0v) is 16.0. The van der Waals surface area contributed by atoms with E-state index in [-0.39, 0.29) is 16.5 Å². The molecule has 3 aromatic rings. The fourth-order valence-electron chi connectivity index (χ4n) is 2.93. The summed E-state index contributed by atoms with van der Waals surface area (Å²) >= 11 is 0. The van der Waals surface area contributed by atoms with Crippen molar-refractivity contribution in [2.45, 2.75) is 50.5 Å². The van der Waals surface area contributed by atoms with Crippen molar-refractivity contribution in [2.75, 3.05) is 0 Å². The second-order valence-electron chi connectivity index (χ2n) is 6.45. The Hall–Kier alpha value is -2.25. The van der Waals surface area contributed by atoms with Gasteiger partial charge in [0.25, 0.3) is 0 Å². The lowest BCUT2D eigenvalue weighted by Gasteiger charge is -2.19. The van der Waals surface area contributed by atoms with Gasteiger partial charge in [0.1, 0.15) is 10.4 Å². The molecule has 0 aliphatic heterocycles. The first-order chi connectivity index (χ1) is 12.5. The molecule has 1 N–H and O–H groups in total. The van der Waals surface area contributed by atoms with Gasteiger partial charge in [0.15, 0.2) is 5.52 Å². The average molecular weight is 373 g/mol. The van der Waals surface area contributed by atoms with Crippen LogP contribution in [0.25, 0.3) is 11.0 Å². The molecular formula is C19H23N3O3S. The highest BCUT2D eigenvalue weighted by Gasteiger charge is 2.24. The van der Waals surface area contributed by atoms with Crippen LogP contribution in [0, 0.1) is 0 Å². The quantitative estimate of drug-likeness (QED) is 0.672. The number of fused-ring (bicyclic) bond motifs is 1. The molecule has 26 heavy (non-hydrogen) atoms. The van der Waals surface area contributed by atoms with Crippen molar-refractivity contribution in [3.05, 3.63) is 53.6 Å². The van der Waals surface area contributed by atoms with Crippen LogP contribution < -0.4 is 4.72 Å². The Labute approximate surface area is 153 Å². The molecule has 2 unspecified atom stereocenters. The molecule has 3 rings (SSSR count). The molecule has 0 aliphatic rings. The van der Waals surface area contributed by atoms with E-state index in [9.17, 15) is 8.42 Å². The Morgan fingerprint density at radius 3 is 2.35 bits per heavy atom. The largest absolute Gasteiger partial charge is 0.243 e. The molecule has 0 saturated carbocycles. The van der Waals surface area contributed by atoms with Crippen LogP contribution in [0.5, 0.6) is 0 Å². The maximum absolute atomic E-state index is 12.9. The van der Waals surface area contributed by atoms with Gasteiger partial charge in [-0.05, 0) is 52.3 Å². The van der Waals surface area contributed by atoms with Crippen LogP contribution in [0.15, 0.2) is 52.0 Å². The van der Waals surface area contributed by atoms with Crippen LogP contribution in [0.2, 0.25) is 0 Å². The zero-order chi connectivity index (χ0) is 18.7. The molecule has 138 valence electrons. The molecule has 1 heterocycles. The molecule has 0 fully saturated rings. The second kappa shape index (κ2) is 7.55. The number of sulfonamides is 1. The van der Waals surface area contributed by atoms with Gasteiger partial charge in [-0.1, -0.05) is 51.1 Å². The Bertz CT molecular complexity index is 981. The summed E-state index contributed by atoms with van der Waals surface area (Å²) < 4.78 is 33.2. The third kappa shape index (κ3) is 3.64. The summed E-state index contributed by atoms with van der Waals surface area (Å²) in [5.41, 5.74) is 2.85. The minimum absolute atomic E-state index is 0.0749. The van der Waals surface area contributed by atoms with Gasteiger partial charge in [-0.15, -0.1) is 0 Å². The van der Waals surface area contributed by atoms with Crippen molar-refractivity contribution in [1.29, 1.82) is 0 Å². The minimum atomic E-state index is -3.76. The van der Waals surface area contributed by atoms with Crippen LogP contribution in [0.3, 0.4) is 0 Å². The topological polar surface area (TPSA) is 85.1 Å². The van der Waals surface area contributed by atoms with Crippen LogP contribution in [-0.4, -0.2) is 18.7 Å². The van der Waals surface area contributed by atoms with Gasteiger partial charge < -0.3 is 0 Å². The molecule has 2 aromatic carbocycles. The van der Waals surface area contributed by atoms with E-state index in [1.54, 1.807) is 12.1 Å². The number of benzene rings is 2. The maximum Gasteiger partial charge on any atom is 0.243 e. The Kier molecular flexibility index (Phi) is 5.38. The molecule has 0 spiro atoms. The molecule has 6 nitrogen and oxygen atoms in total. The van der Waals surface area contributed by atoms with Gasteiger partial charge in [0.2, 0.25) is 10.0 Å². The van der Waals surface area contributed by atoms with Crippen molar-refractivity contribution < 1.29 is 13.0 Å². The lowest BCUT2D eigenvalue weighted by molar-refractivity contribution is 0.315. The third-order valence-electron chi connectivity index (χ3n) is 4.76. The van der Waals surface area contributed by atoms with Gasteiger partial charge >= 0.3 is 0 Å². The molecule has 0 radical (unpaired) electrons. The summed E-state index contributed by atoms with van der Waals surface area (Å²) in [6, 6.07) is 12.6. The Balaban J connectivity index is 1.88. The standard InChI is InChI=1S/C19H23N3O3S/c1-4-13(3)14-9-11-15(12-10-14)16(5-2)22-26(23,24)18-8-6-7-17-19(18)21-25-20-17/h6-13,16,22H,4-5H2,1-3H3. The highest BCUT2D eigenvalue weighted by atomic mass is 32.2. The molecule has 2 atom stereocenters. The van der Waals surface area contributed by atoms with E-state index in [1.807, 2.05) is 19.1 Å². The fourth-order valence-corrected chi connectivity index (χ4v) is 4.39. The molecule has 7 heteroatoms. The predicted molar refractivity (Wildman–Crippen MR) is 100 cm³/mol. The van der Waals surface area contributed by atoms with E-state index in [0.717, 1.165) is 12.0 Å². The minimum Gasteiger partial charge on any atom is -0.243 e. The summed E-state index contributed by atoms with van der Waals surface area (Å²) in [7, 11) is -3.76. The van der Waals surface area contributed by atoms with E-state index in [0.29, 0.717) is 17.9 Å². The van der Waals surface area contributed by atoms with Gasteiger partial charge in [-0.2, -0.15) is 0 Å². The van der Waals surface area contributed by atoms with Gasteiger partial charge in [-0.3, -0.25) is 0 Å². The molecule has 0 amide bonds. The third-order valence-corrected chi connectivity index (χ3v) is 6.27. The smallest absolute Gasteiger partial charge is 0.243 e. The SMILES string of the molecule is CCC(C)c1ccc(C(CC)NS(=O)(=O)c2cccc3nonc23)cc1. The van der Waals surface area contributed by atoms with Crippen molar-refractivity contribution >= 4 is 21.1 Å². The van der Waals surface area contributed by atoms with Crippen molar-refractivity contribution in [1.82, 2.24) is 15.0 Å². The summed E-state index contributed by atoms with van der Waals surface area (Å²) in [5, 5.41) is 7.43. The first-order valence-corrected chi connectivity index (χ1v) is 10.3. The maximum atomic E-state index is 12.9. The van der Waals surface area contributed by atoms with E-state index >= 15 is 0 Å². The Morgan fingerprint density at radius 1 is 1.00 bits per heavy atom. The fraction of sp³-hybridized carbons (Fsp3) is 0.368. The van der Waals surface area contributed by atoms with Crippen molar-refractivity contribution in [2.24, 2.45) is 0 Å². The molecule has 0 aliphatic carbocycles. The van der Waals surface area contributed by atoms with Gasteiger partial charge in [0, 0.05) is 6.04 Å². The van der Waals surface area contributed by atoms with Gasteiger partial charge in [0.05, 0.1) is 0 Å². The molecule has 0 saturated heterocycles. The number of rotatable bonds is 7. The molecular weight excluding hydrogens is 350 g/mol.